The fourth-order valence-electron chi connectivity index (χ4n) is 5.05. The van der Waals surface area contributed by atoms with Crippen molar-refractivity contribution in [2.45, 2.75) is 16.7 Å². The third-order valence-corrected chi connectivity index (χ3v) is 11.8. The van der Waals surface area contributed by atoms with Crippen LogP contribution in [-0.4, -0.2) is 35.9 Å². The van der Waals surface area contributed by atoms with Crippen LogP contribution in [0.15, 0.2) is 121 Å². The van der Waals surface area contributed by atoms with Gasteiger partial charge in [0.1, 0.15) is 35.6 Å². The number of hydrogen-bond donors (Lipinski definition) is 2. The van der Waals surface area contributed by atoms with Crippen LogP contribution in [0.2, 0.25) is 0 Å². The molecule has 2 heterocycles. The molecule has 0 amide bonds. The van der Waals surface area contributed by atoms with Gasteiger partial charge in [-0.1, -0.05) is 6.07 Å². The van der Waals surface area contributed by atoms with E-state index in [2.05, 4.69) is 26.0 Å². The number of benzene rings is 5. The van der Waals surface area contributed by atoms with E-state index in [1.165, 1.54) is 29.5 Å². The molecule has 0 saturated carbocycles. The van der Waals surface area contributed by atoms with Crippen LogP contribution in [0.4, 0.5) is 11.4 Å². The second-order valence-corrected chi connectivity index (χ2v) is 15.7. The Balaban J connectivity index is 0.00000271. The molecule has 256 valence electrons. The summed E-state index contributed by atoms with van der Waals surface area (Å²) < 4.78 is 70.3. The van der Waals surface area contributed by atoms with Crippen molar-refractivity contribution in [3.63, 3.8) is 0 Å². The van der Waals surface area contributed by atoms with Crippen LogP contribution < -0.4 is 91.5 Å². The molecule has 14 nitrogen and oxygen atoms in total. The molecule has 2 N–H and O–H groups in total. The minimum atomic E-state index is -4.69. The van der Waals surface area contributed by atoms with Crippen molar-refractivity contribution in [3.05, 3.63) is 128 Å². The number of nitrogens with zero attached hydrogens (tertiary/aromatic N) is 4. The van der Waals surface area contributed by atoms with Crippen molar-refractivity contribution in [3.8, 4) is 21.1 Å². The molecule has 7 aromatic rings. The van der Waals surface area contributed by atoms with Crippen LogP contribution in [0, 0.1) is 6.92 Å². The first-order valence-corrected chi connectivity index (χ1v) is 19.1. The Bertz CT molecular complexity index is 2980. The molecule has 0 spiro atoms. The van der Waals surface area contributed by atoms with E-state index >= 15 is 0 Å². The van der Waals surface area contributed by atoms with Crippen molar-refractivity contribution >= 4 is 74.7 Å². The molecule has 2 aromatic heterocycles. The number of rotatable bonds is 8. The van der Waals surface area contributed by atoms with Gasteiger partial charge in [0, 0.05) is 11.1 Å². The molecule has 5 aromatic carbocycles. The van der Waals surface area contributed by atoms with Crippen molar-refractivity contribution < 1.29 is 85.1 Å². The van der Waals surface area contributed by atoms with E-state index in [0.717, 1.165) is 55.9 Å². The summed E-state index contributed by atoms with van der Waals surface area (Å²) in [5, 5.41) is 8.76. The van der Waals surface area contributed by atoms with Gasteiger partial charge in [-0.25, -0.2) is 26.8 Å². The fraction of sp³-hybridized carbons (Fsp3) is 0.0303. The first-order valence-electron chi connectivity index (χ1n) is 14.6. The van der Waals surface area contributed by atoms with Crippen molar-refractivity contribution in [1.82, 2.24) is 9.97 Å². The van der Waals surface area contributed by atoms with Crippen molar-refractivity contribution in [2.75, 3.05) is 10.9 Å². The van der Waals surface area contributed by atoms with E-state index in [1.54, 1.807) is 43.3 Å². The van der Waals surface area contributed by atoms with Gasteiger partial charge in [-0.3, -0.25) is 20.4 Å². The molecule has 0 atom stereocenters. The number of thiazole rings is 2. The second-order valence-electron chi connectivity index (χ2n) is 11.0. The number of fused-ring (bicyclic) bond motifs is 2. The fourth-order valence-corrected chi connectivity index (χ4v) is 8.81. The minimum Gasteiger partial charge on any atom is -0.744 e. The van der Waals surface area contributed by atoms with Crippen LogP contribution in [0.1, 0.15) is 5.56 Å². The normalized spacial score (nSPS) is 12.4. The van der Waals surface area contributed by atoms with E-state index in [4.69, 9.17) is 4.98 Å². The summed E-state index contributed by atoms with van der Waals surface area (Å²) in [6.45, 7) is 1.58. The van der Waals surface area contributed by atoms with Gasteiger partial charge in [-0.05, 0) is 97.4 Å². The van der Waals surface area contributed by atoms with Gasteiger partial charge in [0.25, 0.3) is 0 Å². The van der Waals surface area contributed by atoms with E-state index in [0.29, 0.717) is 32.2 Å². The van der Waals surface area contributed by atoms with Gasteiger partial charge < -0.3 is 9.11 Å². The molecule has 53 heavy (non-hydrogen) atoms. The average Bonchev–Trinajstić information content (AvgIpc) is 3.71. The van der Waals surface area contributed by atoms with Gasteiger partial charge in [-0.15, -0.1) is 22.7 Å². The predicted octanol–water partition coefficient (Wildman–Crippen LogP) is -2.18. The second kappa shape index (κ2) is 16.1. The molecule has 0 aliphatic rings. The summed E-state index contributed by atoms with van der Waals surface area (Å²) in [6.07, 6.45) is 0. The first kappa shape index (κ1) is 40.7. The van der Waals surface area contributed by atoms with Gasteiger partial charge in [0.2, 0.25) is 10.9 Å². The van der Waals surface area contributed by atoms with Crippen molar-refractivity contribution in [1.29, 1.82) is 0 Å². The van der Waals surface area contributed by atoms with Crippen molar-refractivity contribution in [2.24, 2.45) is 10.2 Å². The maximum absolute atomic E-state index is 12.9. The summed E-state index contributed by atoms with van der Waals surface area (Å²) in [7, 11) is -9.30. The number of nitrogens with one attached hydrogen (secondary N) is 2. The number of aromatic nitrogens is 2. The van der Waals surface area contributed by atoms with Crippen LogP contribution in [0.25, 0.3) is 41.6 Å². The molecule has 0 aliphatic carbocycles. The first-order chi connectivity index (χ1) is 24.2. The third-order valence-electron chi connectivity index (χ3n) is 7.55. The number of anilines is 2. The Morgan fingerprint density at radius 2 is 1.25 bits per heavy atom. The maximum Gasteiger partial charge on any atom is 1.00 e. The quantitative estimate of drug-likeness (QED) is 0.0951. The summed E-state index contributed by atoms with van der Waals surface area (Å²) >= 11 is 2.58. The summed E-state index contributed by atoms with van der Waals surface area (Å²) in [4.78, 5) is 34.0. The largest absolute Gasteiger partial charge is 1.00 e. The molecule has 7 rings (SSSR count). The average molecular weight is 803 g/mol. The van der Waals surface area contributed by atoms with E-state index in [-0.39, 0.29) is 69.4 Å². The predicted molar refractivity (Wildman–Crippen MR) is 191 cm³/mol. The smallest absolute Gasteiger partial charge is 0.744 e. The van der Waals surface area contributed by atoms with Gasteiger partial charge in [-0.2, -0.15) is 10.2 Å². The molecular formula is C33H20N6Na2O8S4. The zero-order chi connectivity index (χ0) is 36.1. The Hall–Kier alpha value is -3.50. The Morgan fingerprint density at radius 1 is 0.660 bits per heavy atom. The number of hydrogen-bond acceptors (Lipinski definition) is 16. The summed E-state index contributed by atoms with van der Waals surface area (Å²) in [6, 6.07) is 23.0. The summed E-state index contributed by atoms with van der Waals surface area (Å²) in [5.41, 5.74) is 7.81. The molecule has 0 aliphatic heterocycles. The molecule has 0 saturated heterocycles. The third kappa shape index (κ3) is 8.75. The monoisotopic (exact) mass is 802 g/mol. The molecule has 0 fully saturated rings. The SMILES string of the molecule is Cc1ccc2nc(-c3ccc4nc(-c5ccc(NN=c6c(=O)ccc(=NNc7ccc(S(=O)(=O)[O-])cc7)c6=O)cc5)sc4c3)sc2c1S(=O)(=O)[O-].[Na+].[Na+]. The molecular weight excluding hydrogens is 783 g/mol. The van der Waals surface area contributed by atoms with E-state index in [1.807, 2.05) is 18.2 Å². The maximum atomic E-state index is 12.9. The standard InChI is InChI=1S/C33H22N6O8S4.2Na/c1-17-2-12-25-30(31(17)51(45,46)47)49-33(35-25)19-5-13-23-27(16-19)48-32(34-23)18-3-6-20(7-4-18)37-39-28-26(40)15-14-24(29(28)41)38-36-21-8-10-22(11-9-21)50(42,43)44;;/h2-16,36-37H,1H3,(H,42,43,44)(H,45,46,47);;/q;2*+1/p-2. The van der Waals surface area contributed by atoms with E-state index < -0.39 is 41.3 Å². The summed E-state index contributed by atoms with van der Waals surface area (Å²) in [5.74, 6) is 0. The van der Waals surface area contributed by atoms with Gasteiger partial charge >= 0.3 is 59.1 Å². The topological polar surface area (TPSA) is 223 Å². The molecule has 0 bridgehead atoms. The molecule has 0 radical (unpaired) electrons. The van der Waals surface area contributed by atoms with E-state index in [9.17, 15) is 35.5 Å². The molecule has 0 unspecified atom stereocenters. The Kier molecular flexibility index (Phi) is 12.3. The number of aryl methyl sites for hydroxylation is 1. The zero-order valence-corrected chi connectivity index (χ0v) is 35.1. The van der Waals surface area contributed by atoms with Crippen LogP contribution >= 0.6 is 22.7 Å². The Labute approximate surface area is 352 Å². The van der Waals surface area contributed by atoms with Gasteiger partial charge in [0.15, 0.2) is 5.36 Å². The Morgan fingerprint density at radius 3 is 1.91 bits per heavy atom. The van der Waals surface area contributed by atoms with Gasteiger partial charge in [0.05, 0.1) is 41.6 Å². The zero-order valence-electron chi connectivity index (χ0n) is 27.8. The molecule has 20 heteroatoms. The van der Waals surface area contributed by atoms with Crippen LogP contribution in [0.3, 0.4) is 0 Å². The van der Waals surface area contributed by atoms with Crippen LogP contribution in [0.5, 0.6) is 0 Å². The minimum absolute atomic E-state index is 0. The van der Waals surface area contributed by atoms with Crippen LogP contribution in [-0.2, 0) is 20.2 Å².